The number of ether oxygens (including phenoxy) is 1. The molecule has 94 valence electrons. The van der Waals surface area contributed by atoms with Gasteiger partial charge in [0.05, 0.1) is 12.6 Å². The third kappa shape index (κ3) is 2.97. The normalized spacial score (nSPS) is 20.8. The first kappa shape index (κ1) is 12.4. The maximum atomic E-state index is 7.94. The van der Waals surface area contributed by atoms with Gasteiger partial charge >= 0.3 is 0 Å². The van der Waals surface area contributed by atoms with E-state index >= 15 is 0 Å². The van der Waals surface area contributed by atoms with E-state index < -0.39 is 0 Å². The maximum absolute atomic E-state index is 7.94. The van der Waals surface area contributed by atoms with Crippen LogP contribution in [-0.2, 0) is 16.7 Å². The first-order valence-electron chi connectivity index (χ1n) is 6.34. The Balaban J connectivity index is 2.23. The molecule has 17 heavy (non-hydrogen) atoms. The van der Waals surface area contributed by atoms with Crippen LogP contribution >= 0.6 is 0 Å². The van der Waals surface area contributed by atoms with E-state index in [0.717, 1.165) is 26.0 Å². The van der Waals surface area contributed by atoms with Gasteiger partial charge in [0.2, 0.25) is 0 Å². The van der Waals surface area contributed by atoms with Crippen LogP contribution in [0.4, 0.5) is 0 Å². The minimum Gasteiger partial charge on any atom is -0.376 e. The van der Waals surface area contributed by atoms with Crippen LogP contribution in [0.2, 0.25) is 0 Å². The molecule has 0 amide bonds. The van der Waals surface area contributed by atoms with Gasteiger partial charge in [-0.1, -0.05) is 26.8 Å². The van der Waals surface area contributed by atoms with Crippen molar-refractivity contribution < 1.29 is 4.74 Å². The van der Waals surface area contributed by atoms with Gasteiger partial charge in [0.25, 0.3) is 0 Å². The number of hydrogen-bond acceptors (Lipinski definition) is 2. The largest absolute Gasteiger partial charge is 0.376 e. The molecular weight excluding hydrogens is 212 g/mol. The smallest absolute Gasteiger partial charge is 0.124 e. The Morgan fingerprint density at radius 3 is 2.76 bits per heavy atom. The van der Waals surface area contributed by atoms with Gasteiger partial charge in [-0.15, -0.1) is 0 Å². The Bertz CT molecular complexity index is 436. The van der Waals surface area contributed by atoms with E-state index in [1.807, 2.05) is 16.7 Å². The summed E-state index contributed by atoms with van der Waals surface area (Å²) in [6.45, 7) is 8.27. The molecule has 3 heteroatoms. The topological polar surface area (TPSA) is 38.0 Å². The fourth-order valence-electron chi connectivity index (χ4n) is 2.15. The van der Waals surface area contributed by atoms with E-state index in [1.165, 1.54) is 5.56 Å². The fourth-order valence-corrected chi connectivity index (χ4v) is 2.15. The summed E-state index contributed by atoms with van der Waals surface area (Å²) in [7, 11) is 0. The van der Waals surface area contributed by atoms with Crippen molar-refractivity contribution in [1.29, 1.82) is 5.41 Å². The van der Waals surface area contributed by atoms with Gasteiger partial charge < -0.3 is 9.30 Å². The summed E-state index contributed by atoms with van der Waals surface area (Å²) in [6, 6.07) is 3.93. The molecule has 0 saturated carbocycles. The Labute approximate surface area is 103 Å². The summed E-state index contributed by atoms with van der Waals surface area (Å²) in [6.07, 6.45) is 4.66. The molecule has 3 nitrogen and oxygen atoms in total. The molecular formula is C14H22N2O. The Morgan fingerprint density at radius 2 is 2.18 bits per heavy atom. The van der Waals surface area contributed by atoms with Crippen LogP contribution < -0.4 is 5.49 Å². The van der Waals surface area contributed by atoms with Crippen molar-refractivity contribution in [3.8, 4) is 0 Å². The lowest BCUT2D eigenvalue weighted by Gasteiger charge is -2.21. The van der Waals surface area contributed by atoms with Crippen LogP contribution in [-0.4, -0.2) is 17.3 Å². The lowest BCUT2D eigenvalue weighted by atomic mass is 9.88. The quantitative estimate of drug-likeness (QED) is 0.838. The Kier molecular flexibility index (Phi) is 3.38. The Hall–Kier alpha value is -1.09. The van der Waals surface area contributed by atoms with Crippen molar-refractivity contribution >= 4 is 0 Å². The Morgan fingerprint density at radius 1 is 1.41 bits per heavy atom. The standard InChI is InChI=1S/C14H22N2O/c1-14(2,3)11-6-7-13(15)16(9-11)10-12-5-4-8-17-12/h6-7,9,12,15H,4-5,8,10H2,1-3H3. The van der Waals surface area contributed by atoms with Gasteiger partial charge in [-0.3, -0.25) is 5.41 Å². The van der Waals surface area contributed by atoms with Crippen molar-refractivity contribution in [2.75, 3.05) is 6.61 Å². The summed E-state index contributed by atoms with van der Waals surface area (Å²) in [5, 5.41) is 7.94. The minimum atomic E-state index is 0.131. The molecule has 1 unspecified atom stereocenters. The molecule has 1 aromatic rings. The van der Waals surface area contributed by atoms with E-state index in [0.29, 0.717) is 11.6 Å². The highest BCUT2D eigenvalue weighted by Gasteiger charge is 2.18. The third-order valence-corrected chi connectivity index (χ3v) is 3.32. The van der Waals surface area contributed by atoms with E-state index in [4.69, 9.17) is 10.1 Å². The monoisotopic (exact) mass is 234 g/mol. The molecule has 2 heterocycles. The molecule has 1 aromatic heterocycles. The highest BCUT2D eigenvalue weighted by molar-refractivity contribution is 5.18. The van der Waals surface area contributed by atoms with Gasteiger partial charge in [-0.2, -0.15) is 0 Å². The fraction of sp³-hybridized carbons (Fsp3) is 0.643. The number of pyridine rings is 1. The van der Waals surface area contributed by atoms with Gasteiger partial charge in [0.15, 0.2) is 0 Å². The van der Waals surface area contributed by atoms with Gasteiger partial charge in [-0.25, -0.2) is 0 Å². The molecule has 0 radical (unpaired) electrons. The van der Waals surface area contributed by atoms with Gasteiger partial charge in [-0.05, 0) is 29.9 Å². The molecule has 0 spiro atoms. The van der Waals surface area contributed by atoms with Crippen LogP contribution in [0.3, 0.4) is 0 Å². The van der Waals surface area contributed by atoms with Crippen LogP contribution in [0.25, 0.3) is 0 Å². The molecule has 1 N–H and O–H groups in total. The summed E-state index contributed by atoms with van der Waals surface area (Å²) >= 11 is 0. The van der Waals surface area contributed by atoms with Crippen molar-refractivity contribution in [2.45, 2.75) is 51.7 Å². The first-order valence-corrected chi connectivity index (χ1v) is 6.34. The second kappa shape index (κ2) is 4.65. The lowest BCUT2D eigenvalue weighted by Crippen LogP contribution is -2.27. The van der Waals surface area contributed by atoms with Crippen molar-refractivity contribution in [3.63, 3.8) is 0 Å². The molecule has 1 saturated heterocycles. The summed E-state index contributed by atoms with van der Waals surface area (Å²) in [5.74, 6) is 0. The van der Waals surface area contributed by atoms with Crippen LogP contribution in [0, 0.1) is 5.41 Å². The number of hydrogen-bond donors (Lipinski definition) is 1. The minimum absolute atomic E-state index is 0.131. The average molecular weight is 234 g/mol. The zero-order chi connectivity index (χ0) is 12.5. The molecule has 1 atom stereocenters. The van der Waals surface area contributed by atoms with Crippen molar-refractivity contribution in [3.05, 3.63) is 29.4 Å². The number of rotatable bonds is 2. The molecule has 1 aliphatic heterocycles. The summed E-state index contributed by atoms with van der Waals surface area (Å²) in [5.41, 5.74) is 1.96. The zero-order valence-corrected chi connectivity index (χ0v) is 11.0. The second-order valence-electron chi connectivity index (χ2n) is 5.84. The lowest BCUT2D eigenvalue weighted by molar-refractivity contribution is 0.0957. The van der Waals surface area contributed by atoms with Crippen molar-refractivity contribution in [2.24, 2.45) is 0 Å². The second-order valence-corrected chi connectivity index (χ2v) is 5.84. The van der Waals surface area contributed by atoms with Gasteiger partial charge in [0.1, 0.15) is 5.49 Å². The number of nitrogens with one attached hydrogen (secondary N) is 1. The molecule has 1 fully saturated rings. The first-order chi connectivity index (χ1) is 7.97. The number of nitrogens with zero attached hydrogens (tertiary/aromatic N) is 1. The predicted molar refractivity (Wildman–Crippen MR) is 68.0 cm³/mol. The predicted octanol–water partition coefficient (Wildman–Crippen LogP) is 2.44. The summed E-state index contributed by atoms with van der Waals surface area (Å²) < 4.78 is 7.64. The number of aromatic nitrogens is 1. The molecule has 2 rings (SSSR count). The van der Waals surface area contributed by atoms with E-state index in [9.17, 15) is 0 Å². The summed E-state index contributed by atoms with van der Waals surface area (Å²) in [4.78, 5) is 0. The zero-order valence-electron chi connectivity index (χ0n) is 11.0. The van der Waals surface area contributed by atoms with Crippen LogP contribution in [0.5, 0.6) is 0 Å². The van der Waals surface area contributed by atoms with Gasteiger partial charge in [0, 0.05) is 12.8 Å². The molecule has 0 bridgehead atoms. The maximum Gasteiger partial charge on any atom is 0.124 e. The molecule has 0 aromatic carbocycles. The average Bonchev–Trinajstić information content (AvgIpc) is 2.72. The van der Waals surface area contributed by atoms with Crippen molar-refractivity contribution in [1.82, 2.24) is 4.57 Å². The highest BCUT2D eigenvalue weighted by Crippen LogP contribution is 2.21. The molecule has 1 aliphatic rings. The van der Waals surface area contributed by atoms with Crippen LogP contribution in [0.15, 0.2) is 18.3 Å². The molecule has 0 aliphatic carbocycles. The van der Waals surface area contributed by atoms with E-state index in [1.54, 1.807) is 0 Å². The van der Waals surface area contributed by atoms with Crippen LogP contribution in [0.1, 0.15) is 39.2 Å². The third-order valence-electron chi connectivity index (χ3n) is 3.32. The SMILES string of the molecule is CC(C)(C)c1ccc(=N)n(CC2CCCO2)c1. The van der Waals surface area contributed by atoms with E-state index in [2.05, 4.69) is 27.0 Å². The van der Waals surface area contributed by atoms with E-state index in [-0.39, 0.29) is 5.41 Å². The highest BCUT2D eigenvalue weighted by atomic mass is 16.5.